The molecule has 0 amide bonds. The molecule has 54 heavy (non-hydrogen) atoms. The molecule has 1 aliphatic heterocycles. The first-order chi connectivity index (χ1) is 26.8. The number of hydrogen-bond acceptors (Lipinski definition) is 4. The third-order valence-corrected chi connectivity index (χ3v) is 12.4. The van der Waals surface area contributed by atoms with Crippen LogP contribution in [0.25, 0.3) is 47.5 Å². The maximum absolute atomic E-state index is 7.00. The van der Waals surface area contributed by atoms with Crippen LogP contribution >= 0.6 is 11.3 Å². The summed E-state index contributed by atoms with van der Waals surface area (Å²) in [5, 5.41) is 6.36. The molecule has 1 unspecified atom stereocenters. The Morgan fingerprint density at radius 1 is 0.704 bits per heavy atom. The molecule has 2 aromatic heterocycles. The van der Waals surface area contributed by atoms with Gasteiger partial charge in [-0.3, -0.25) is 4.99 Å². The Morgan fingerprint density at radius 3 is 2.33 bits per heavy atom. The molecule has 4 heteroatoms. The molecule has 0 spiro atoms. The van der Waals surface area contributed by atoms with E-state index in [0.29, 0.717) is 6.54 Å². The number of aliphatic imine (C=N–C) groups is 1. The maximum Gasteiger partial charge on any atom is 0.139 e. The highest BCUT2D eigenvalue weighted by Crippen LogP contribution is 2.47. The number of nitrogens with zero attached hydrogens (tertiary/aromatic N) is 2. The highest BCUT2D eigenvalue weighted by Gasteiger charge is 2.29. The molecule has 11 rings (SSSR count). The van der Waals surface area contributed by atoms with E-state index in [1.165, 1.54) is 70.0 Å². The first-order valence-electron chi connectivity index (χ1n) is 18.9. The van der Waals surface area contributed by atoms with Gasteiger partial charge in [-0.05, 0) is 94.9 Å². The van der Waals surface area contributed by atoms with Crippen molar-refractivity contribution in [1.82, 2.24) is 0 Å². The van der Waals surface area contributed by atoms with Crippen molar-refractivity contribution in [2.45, 2.75) is 25.2 Å². The Hall–Kier alpha value is -6.23. The molecule has 0 N–H and O–H groups in total. The van der Waals surface area contributed by atoms with E-state index >= 15 is 0 Å². The van der Waals surface area contributed by atoms with Gasteiger partial charge in [0.2, 0.25) is 0 Å². The summed E-state index contributed by atoms with van der Waals surface area (Å²) in [6.45, 7) is 0.687. The van der Waals surface area contributed by atoms with Crippen LogP contribution in [0.4, 0.5) is 11.4 Å². The molecule has 0 radical (unpaired) electrons. The molecule has 8 aromatic rings. The molecule has 0 bridgehead atoms. The largest absolute Gasteiger partial charge is 0.460 e. The predicted molar refractivity (Wildman–Crippen MR) is 228 cm³/mol. The summed E-state index contributed by atoms with van der Waals surface area (Å²) in [6.07, 6.45) is 14.6. The van der Waals surface area contributed by atoms with Crippen molar-refractivity contribution >= 4 is 75.9 Å². The zero-order chi connectivity index (χ0) is 35.6. The lowest BCUT2D eigenvalue weighted by atomic mass is 9.84. The molecule has 3 nitrogen and oxygen atoms in total. The minimum atomic E-state index is 0.181. The normalized spacial score (nSPS) is 16.8. The van der Waals surface area contributed by atoms with Gasteiger partial charge in [-0.15, -0.1) is 11.3 Å². The van der Waals surface area contributed by atoms with Crippen LogP contribution in [-0.2, 0) is 6.42 Å². The number of furan rings is 1. The van der Waals surface area contributed by atoms with E-state index < -0.39 is 0 Å². The van der Waals surface area contributed by atoms with Crippen molar-refractivity contribution in [1.29, 1.82) is 0 Å². The Kier molecular flexibility index (Phi) is 7.37. The lowest BCUT2D eigenvalue weighted by Gasteiger charge is -2.29. The maximum atomic E-state index is 7.00. The van der Waals surface area contributed by atoms with Gasteiger partial charge in [0.15, 0.2) is 0 Å². The topological polar surface area (TPSA) is 28.7 Å². The van der Waals surface area contributed by atoms with E-state index in [4.69, 9.17) is 9.41 Å². The third-order valence-electron chi connectivity index (χ3n) is 11.3. The highest BCUT2D eigenvalue weighted by atomic mass is 32.1. The zero-order valence-corrected chi connectivity index (χ0v) is 30.5. The van der Waals surface area contributed by atoms with Gasteiger partial charge < -0.3 is 9.32 Å². The van der Waals surface area contributed by atoms with Crippen molar-refractivity contribution in [3.8, 4) is 0 Å². The van der Waals surface area contributed by atoms with Crippen molar-refractivity contribution in [3.63, 3.8) is 0 Å². The summed E-state index contributed by atoms with van der Waals surface area (Å²) in [5.74, 6) is 1.28. The van der Waals surface area contributed by atoms with E-state index in [-0.39, 0.29) is 5.92 Å². The lowest BCUT2D eigenvalue weighted by Crippen LogP contribution is -2.17. The van der Waals surface area contributed by atoms with Gasteiger partial charge in [0, 0.05) is 66.1 Å². The lowest BCUT2D eigenvalue weighted by molar-refractivity contribution is 0.540. The number of rotatable bonds is 6. The van der Waals surface area contributed by atoms with Crippen LogP contribution in [0, 0.1) is 0 Å². The van der Waals surface area contributed by atoms with Gasteiger partial charge in [0.1, 0.15) is 11.3 Å². The van der Waals surface area contributed by atoms with Crippen LogP contribution in [0.5, 0.6) is 0 Å². The van der Waals surface area contributed by atoms with Crippen molar-refractivity contribution < 1.29 is 4.42 Å². The van der Waals surface area contributed by atoms with Gasteiger partial charge in [0.05, 0.1) is 12.3 Å². The van der Waals surface area contributed by atoms with Crippen molar-refractivity contribution in [2.75, 3.05) is 11.4 Å². The SMILES string of the molecule is C1=CC(c2cc3ccccc3c3c4c(oc23)CCC=C4C2=CC(c3ccccc3)=NC2)CC=C1N(c1ccccc1)c1ccc2sc3ccccc3c2c1. The van der Waals surface area contributed by atoms with Crippen LogP contribution in [0.3, 0.4) is 0 Å². The number of fused-ring (bicyclic) bond motifs is 8. The molecule has 6 aromatic carbocycles. The van der Waals surface area contributed by atoms with E-state index in [1.807, 2.05) is 11.3 Å². The Labute approximate surface area is 318 Å². The van der Waals surface area contributed by atoms with Crippen LogP contribution in [0.1, 0.15) is 41.2 Å². The number of hydrogen-bond donors (Lipinski definition) is 0. The fourth-order valence-electron chi connectivity index (χ4n) is 8.76. The van der Waals surface area contributed by atoms with E-state index in [9.17, 15) is 0 Å². The summed E-state index contributed by atoms with van der Waals surface area (Å²) < 4.78 is 9.63. The number of allylic oxidation sites excluding steroid dienone is 5. The molecular weight excluding hydrogens is 677 g/mol. The minimum absolute atomic E-state index is 0.181. The number of benzene rings is 6. The van der Waals surface area contributed by atoms with Crippen LogP contribution < -0.4 is 4.90 Å². The summed E-state index contributed by atoms with van der Waals surface area (Å²) in [5.41, 5.74) is 11.8. The second-order valence-electron chi connectivity index (χ2n) is 14.5. The Morgan fingerprint density at radius 2 is 1.48 bits per heavy atom. The first-order valence-corrected chi connectivity index (χ1v) is 19.7. The van der Waals surface area contributed by atoms with Crippen LogP contribution in [0.2, 0.25) is 0 Å². The fraction of sp³-hybridized carbons (Fsp3) is 0.100. The quantitative estimate of drug-likeness (QED) is 0.172. The van der Waals surface area contributed by atoms with E-state index in [0.717, 1.165) is 47.6 Å². The smallest absolute Gasteiger partial charge is 0.139 e. The summed E-state index contributed by atoms with van der Waals surface area (Å²) in [7, 11) is 0. The first kappa shape index (κ1) is 31.3. The van der Waals surface area contributed by atoms with Gasteiger partial charge in [-0.2, -0.15) is 0 Å². The summed E-state index contributed by atoms with van der Waals surface area (Å²) in [6, 6.07) is 48.1. The van der Waals surface area contributed by atoms with Gasteiger partial charge >= 0.3 is 0 Å². The average Bonchev–Trinajstić information content (AvgIpc) is 3.98. The third kappa shape index (κ3) is 5.13. The molecular formula is C50H36N2OS. The van der Waals surface area contributed by atoms with E-state index in [1.54, 1.807) is 0 Å². The minimum Gasteiger partial charge on any atom is -0.460 e. The fourth-order valence-corrected chi connectivity index (χ4v) is 9.84. The molecule has 2 aliphatic carbocycles. The second kappa shape index (κ2) is 12.7. The summed E-state index contributed by atoms with van der Waals surface area (Å²) in [4.78, 5) is 7.38. The zero-order valence-electron chi connectivity index (χ0n) is 29.7. The Balaban J connectivity index is 0.990. The molecule has 1 atom stereocenters. The Bertz CT molecular complexity index is 2940. The van der Waals surface area contributed by atoms with E-state index in [2.05, 4.69) is 169 Å². The van der Waals surface area contributed by atoms with Crippen LogP contribution in [-0.4, -0.2) is 12.3 Å². The molecule has 3 aliphatic rings. The molecule has 258 valence electrons. The highest BCUT2D eigenvalue weighted by molar-refractivity contribution is 7.25. The van der Waals surface area contributed by atoms with Crippen molar-refractivity contribution in [3.05, 3.63) is 198 Å². The molecule has 0 saturated carbocycles. The van der Waals surface area contributed by atoms with Gasteiger partial charge in [-0.1, -0.05) is 109 Å². The van der Waals surface area contributed by atoms with Gasteiger partial charge in [0.25, 0.3) is 0 Å². The number of anilines is 2. The summed E-state index contributed by atoms with van der Waals surface area (Å²) >= 11 is 1.86. The van der Waals surface area contributed by atoms with Crippen LogP contribution in [0.15, 0.2) is 185 Å². The number of thiophene rings is 1. The molecule has 0 saturated heterocycles. The monoisotopic (exact) mass is 712 g/mol. The standard InChI is InChI=1S/C50H36N2OS/c1-3-12-33(13-4-1)44-29-35(31-51-44)40-19-11-20-45-48(40)49-39-17-8-7-14-34(39)28-42(50(49)53-45)32-22-24-37(25-23-32)52(36-15-5-2-6-16-36)38-26-27-47-43(30-38)41-18-9-10-21-46(41)54-47/h1-10,12-19,21-22,24-30,32H,11,20,23,31H2. The number of para-hydroxylation sites is 1. The number of aryl methyl sites for hydroxylation is 1. The van der Waals surface area contributed by atoms with Gasteiger partial charge in [-0.25, -0.2) is 0 Å². The van der Waals surface area contributed by atoms with Crippen molar-refractivity contribution in [2.24, 2.45) is 4.99 Å². The molecule has 3 heterocycles. The predicted octanol–water partition coefficient (Wildman–Crippen LogP) is 13.5. The second-order valence-corrected chi connectivity index (χ2v) is 15.5. The average molecular weight is 713 g/mol. The molecule has 0 fully saturated rings.